The number of aryl methyl sites for hydroxylation is 2. The molecule has 1 fully saturated rings. The number of ether oxygens (including phenoxy) is 3. The molecule has 3 heterocycles. The van der Waals surface area contributed by atoms with Gasteiger partial charge >= 0.3 is 5.97 Å². The minimum absolute atomic E-state index is 0.0326. The second kappa shape index (κ2) is 19.3. The Hall–Kier alpha value is -4.86. The minimum Gasteiger partial charge on any atom is -0.493 e. The van der Waals surface area contributed by atoms with E-state index >= 15 is 0 Å². The van der Waals surface area contributed by atoms with Crippen LogP contribution in [0.3, 0.4) is 0 Å². The van der Waals surface area contributed by atoms with Crippen LogP contribution in [-0.4, -0.2) is 120 Å². The Bertz CT molecular complexity index is 1890. The fraction of sp³-hybridized carbons (Fsp3) is 0.594. The van der Waals surface area contributed by atoms with Gasteiger partial charge in [0.05, 0.1) is 42.2 Å². The molecular formula is C32H45N7O13S. The van der Waals surface area contributed by atoms with Crippen LogP contribution in [-0.2, 0) is 46.9 Å². The molecule has 20 nitrogen and oxygen atoms in total. The second-order valence-corrected chi connectivity index (χ2v) is 14.0. The van der Waals surface area contributed by atoms with E-state index < -0.39 is 45.5 Å². The van der Waals surface area contributed by atoms with Gasteiger partial charge in [-0.1, -0.05) is 20.3 Å². The van der Waals surface area contributed by atoms with E-state index in [1.165, 1.54) is 16.4 Å². The second-order valence-electron chi connectivity index (χ2n) is 12.1. The molecule has 0 bridgehead atoms. The van der Waals surface area contributed by atoms with Gasteiger partial charge in [0.15, 0.2) is 6.10 Å². The van der Waals surface area contributed by atoms with Gasteiger partial charge in [0.25, 0.3) is 15.7 Å². The molecule has 0 saturated carbocycles. The van der Waals surface area contributed by atoms with E-state index in [1.54, 1.807) is 6.07 Å². The number of rotatable bonds is 22. The van der Waals surface area contributed by atoms with Crippen LogP contribution in [0.25, 0.3) is 22.4 Å². The Morgan fingerprint density at radius 1 is 1.02 bits per heavy atom. The average molecular weight is 768 g/mol. The molecule has 1 aliphatic rings. The van der Waals surface area contributed by atoms with Crippen molar-refractivity contribution in [3.8, 4) is 17.1 Å². The summed E-state index contributed by atoms with van der Waals surface area (Å²) in [5.41, 5.74) is 2.03. The summed E-state index contributed by atoms with van der Waals surface area (Å²) < 4.78 is 47.3. The van der Waals surface area contributed by atoms with Gasteiger partial charge in [-0.25, -0.2) is 13.4 Å². The summed E-state index contributed by atoms with van der Waals surface area (Å²) in [6, 6.07) is 4.57. The van der Waals surface area contributed by atoms with Crippen LogP contribution >= 0.6 is 0 Å². The molecule has 1 N–H and O–H groups in total. The Morgan fingerprint density at radius 2 is 1.77 bits per heavy atom. The first-order valence-electron chi connectivity index (χ1n) is 17.3. The molecule has 1 aromatic carbocycles. The summed E-state index contributed by atoms with van der Waals surface area (Å²) in [6.45, 7) is 7.14. The van der Waals surface area contributed by atoms with E-state index in [1.807, 2.05) is 36.4 Å². The predicted octanol–water partition coefficient (Wildman–Crippen LogP) is 2.19. The molecule has 4 rings (SSSR count). The normalized spacial score (nSPS) is 14.5. The molecule has 53 heavy (non-hydrogen) atoms. The van der Waals surface area contributed by atoms with Gasteiger partial charge in [-0.3, -0.25) is 14.5 Å². The monoisotopic (exact) mass is 767 g/mol. The van der Waals surface area contributed by atoms with Gasteiger partial charge in [0.1, 0.15) is 30.3 Å². The molecule has 1 saturated heterocycles. The maximum atomic E-state index is 13.9. The number of benzene rings is 1. The molecule has 0 spiro atoms. The quantitative estimate of drug-likeness (QED) is 0.0667. The van der Waals surface area contributed by atoms with Crippen LogP contribution in [0.4, 0.5) is 0 Å². The maximum Gasteiger partial charge on any atom is 0.308 e. The zero-order chi connectivity index (χ0) is 38.5. The number of carbonyl (C=O) groups excluding carboxylic acids is 1. The van der Waals surface area contributed by atoms with E-state index in [9.17, 15) is 38.2 Å². The zero-order valence-corrected chi connectivity index (χ0v) is 30.7. The summed E-state index contributed by atoms with van der Waals surface area (Å²) >= 11 is 0. The number of carbonyl (C=O) groups is 1. The first-order valence-corrected chi connectivity index (χ1v) is 18.7. The van der Waals surface area contributed by atoms with Gasteiger partial charge in [-0.2, -0.15) is 4.31 Å². The Kier molecular flexibility index (Phi) is 14.9. The van der Waals surface area contributed by atoms with Crippen LogP contribution in [0.1, 0.15) is 45.6 Å². The van der Waals surface area contributed by atoms with Crippen molar-refractivity contribution >= 4 is 27.0 Å². The smallest absolute Gasteiger partial charge is 0.308 e. The summed E-state index contributed by atoms with van der Waals surface area (Å²) in [6.07, 6.45) is 2.72. The molecule has 21 heteroatoms. The number of nitrogens with one attached hydrogen (secondary N) is 1. The highest BCUT2D eigenvalue weighted by atomic mass is 32.2. The molecule has 1 atom stereocenters. The lowest BCUT2D eigenvalue weighted by atomic mass is 10.1. The largest absolute Gasteiger partial charge is 0.493 e. The topological polar surface area (TPSA) is 241 Å². The molecule has 1 unspecified atom stereocenters. The van der Waals surface area contributed by atoms with E-state index in [2.05, 4.69) is 14.7 Å². The van der Waals surface area contributed by atoms with E-state index in [-0.39, 0.29) is 49.0 Å². The molecular weight excluding hydrogens is 722 g/mol. The highest BCUT2D eigenvalue weighted by Gasteiger charge is 2.30. The number of H-pyrrole nitrogens is 1. The number of hydrogen-bond donors (Lipinski definition) is 1. The maximum absolute atomic E-state index is 13.9. The summed E-state index contributed by atoms with van der Waals surface area (Å²) in [5, 5.41) is 18.6. The van der Waals surface area contributed by atoms with Gasteiger partial charge < -0.3 is 33.4 Å². The fourth-order valence-electron chi connectivity index (χ4n) is 5.74. The van der Waals surface area contributed by atoms with Gasteiger partial charge in [0.2, 0.25) is 10.0 Å². The van der Waals surface area contributed by atoms with Crippen molar-refractivity contribution in [1.29, 1.82) is 0 Å². The van der Waals surface area contributed by atoms with Crippen molar-refractivity contribution in [2.75, 3.05) is 65.8 Å². The lowest BCUT2D eigenvalue weighted by molar-refractivity contribution is -0.790. The van der Waals surface area contributed by atoms with E-state index in [0.717, 1.165) is 24.8 Å². The SMILES string of the molecule is CCCOc1ccc(S(=O)(=O)N2CCN(CCOC(=O)CCOCC(CO[N+](=O)[O-])O[N+](=O)[O-])CC2)cc1-c1nc2c(CCC)cn(CC)c2c(=O)[nH]1. The summed E-state index contributed by atoms with van der Waals surface area (Å²) in [7, 11) is -3.95. The van der Waals surface area contributed by atoms with Crippen molar-refractivity contribution in [1.82, 2.24) is 23.7 Å². The van der Waals surface area contributed by atoms with Crippen LogP contribution < -0.4 is 10.3 Å². The van der Waals surface area contributed by atoms with Crippen molar-refractivity contribution in [2.24, 2.45) is 0 Å². The highest BCUT2D eigenvalue weighted by Crippen LogP contribution is 2.33. The molecule has 0 amide bonds. The molecule has 0 radical (unpaired) electrons. The first kappa shape index (κ1) is 40.9. The molecule has 3 aromatic rings. The highest BCUT2D eigenvalue weighted by molar-refractivity contribution is 7.89. The zero-order valence-electron chi connectivity index (χ0n) is 29.9. The van der Waals surface area contributed by atoms with Gasteiger partial charge in [0, 0.05) is 45.5 Å². The van der Waals surface area contributed by atoms with E-state index in [4.69, 9.17) is 19.2 Å². The lowest BCUT2D eigenvalue weighted by Crippen LogP contribution is -2.49. The van der Waals surface area contributed by atoms with E-state index in [0.29, 0.717) is 55.1 Å². The van der Waals surface area contributed by atoms with Crippen LogP contribution in [0.5, 0.6) is 5.75 Å². The van der Waals surface area contributed by atoms with Crippen molar-refractivity contribution in [2.45, 2.75) is 64.0 Å². The standard InChI is InChI=1S/C32H45N7O13S/c1-4-7-23-20-36(6-3)30-29(23)33-31(34-32(30)41)26-19-25(8-9-27(26)49-16-5-2)53(46,47)37-13-11-35(12-14-37)15-18-50-28(40)10-17-48-21-24(52-39(44)45)22-51-38(42)43/h8-9,19-20,24H,4-7,10-18,21-22H2,1-3H3,(H,33,34,41). The van der Waals surface area contributed by atoms with Crippen molar-refractivity contribution < 1.29 is 47.3 Å². The fourth-order valence-corrected chi connectivity index (χ4v) is 7.19. The number of aromatic amines is 1. The molecule has 0 aliphatic carbocycles. The third-order valence-corrected chi connectivity index (χ3v) is 10.2. The minimum atomic E-state index is -3.95. The number of hydrogen-bond acceptors (Lipinski definition) is 15. The van der Waals surface area contributed by atoms with Crippen molar-refractivity contribution in [3.05, 3.63) is 60.5 Å². The number of fused-ring (bicyclic) bond motifs is 1. The Labute approximate surface area is 305 Å². The van der Waals surface area contributed by atoms with Crippen LogP contribution in [0.15, 0.2) is 34.1 Å². The van der Waals surface area contributed by atoms with Crippen LogP contribution in [0.2, 0.25) is 0 Å². The average Bonchev–Trinajstić information content (AvgIpc) is 3.49. The van der Waals surface area contributed by atoms with Gasteiger partial charge in [-0.05, 0) is 43.5 Å². The Balaban J connectivity index is 1.35. The third kappa shape index (κ3) is 11.1. The third-order valence-electron chi connectivity index (χ3n) is 8.32. The lowest BCUT2D eigenvalue weighted by Gasteiger charge is -2.33. The predicted molar refractivity (Wildman–Crippen MR) is 188 cm³/mol. The van der Waals surface area contributed by atoms with Gasteiger partial charge in [-0.15, -0.1) is 20.2 Å². The molecule has 1 aliphatic heterocycles. The summed E-state index contributed by atoms with van der Waals surface area (Å²) in [4.78, 5) is 64.3. The number of aromatic nitrogens is 3. The molecule has 2 aromatic heterocycles. The molecule has 292 valence electrons. The number of sulfonamides is 1. The summed E-state index contributed by atoms with van der Waals surface area (Å²) in [5.74, 6) is 0.0286. The number of piperazine rings is 1. The first-order chi connectivity index (χ1) is 25.4. The number of nitrogens with zero attached hydrogens (tertiary/aromatic N) is 6. The van der Waals surface area contributed by atoms with Crippen LogP contribution in [0, 0.1) is 20.2 Å². The Morgan fingerprint density at radius 3 is 2.43 bits per heavy atom. The number of esters is 1. The van der Waals surface area contributed by atoms with Crippen molar-refractivity contribution in [3.63, 3.8) is 0 Å².